The van der Waals surface area contributed by atoms with E-state index in [1.807, 2.05) is 18.2 Å². The summed E-state index contributed by atoms with van der Waals surface area (Å²) in [6, 6.07) is 5.72. The number of nitrogens with two attached hydrogens (primary N) is 1. The van der Waals surface area contributed by atoms with E-state index in [2.05, 4.69) is 24.1 Å². The van der Waals surface area contributed by atoms with Crippen molar-refractivity contribution < 1.29 is 14.3 Å². The molecule has 1 rings (SSSR count). The number of methoxy groups -OCH3 is 1. The molecule has 0 heterocycles. The highest BCUT2D eigenvalue weighted by molar-refractivity contribution is 5.85. The summed E-state index contributed by atoms with van der Waals surface area (Å²) in [7, 11) is 1.59. The Hall–Kier alpha value is -1.21. The molecule has 1 amide bonds. The van der Waals surface area contributed by atoms with Crippen molar-refractivity contribution >= 4 is 30.7 Å². The first kappa shape index (κ1) is 30.0. The Morgan fingerprint density at radius 2 is 1.66 bits per heavy atom. The average molecular weight is 452 g/mol. The van der Waals surface area contributed by atoms with E-state index in [9.17, 15) is 4.79 Å². The van der Waals surface area contributed by atoms with Gasteiger partial charge in [-0.25, -0.2) is 0 Å². The van der Waals surface area contributed by atoms with Crippen LogP contribution in [0.4, 0.5) is 0 Å². The van der Waals surface area contributed by atoms with Gasteiger partial charge in [-0.15, -0.1) is 24.8 Å². The van der Waals surface area contributed by atoms with Crippen molar-refractivity contribution in [3.8, 4) is 11.5 Å². The van der Waals surface area contributed by atoms with E-state index in [1.165, 1.54) is 38.8 Å². The number of hydrogen-bond donors (Lipinski definition) is 2. The summed E-state index contributed by atoms with van der Waals surface area (Å²) in [6.45, 7) is 9.67. The number of primary amides is 1. The second kappa shape index (κ2) is 18.8. The molecular formula is C21H39Cl2N3O3. The van der Waals surface area contributed by atoms with E-state index in [0.717, 1.165) is 31.6 Å². The van der Waals surface area contributed by atoms with Crippen LogP contribution in [0, 0.1) is 0 Å². The fourth-order valence-electron chi connectivity index (χ4n) is 2.85. The molecule has 0 bridgehead atoms. The second-order valence-electron chi connectivity index (χ2n) is 6.82. The number of nitrogens with one attached hydrogen (secondary N) is 1. The predicted octanol–water partition coefficient (Wildman–Crippen LogP) is 3.78. The topological polar surface area (TPSA) is 76.8 Å². The van der Waals surface area contributed by atoms with Gasteiger partial charge in [-0.05, 0) is 63.1 Å². The maximum absolute atomic E-state index is 10.8. The van der Waals surface area contributed by atoms with Crippen molar-refractivity contribution in [1.82, 2.24) is 10.2 Å². The van der Waals surface area contributed by atoms with Gasteiger partial charge in [0.05, 0.1) is 7.11 Å². The van der Waals surface area contributed by atoms with Gasteiger partial charge in [-0.1, -0.05) is 32.8 Å². The molecule has 0 aliphatic heterocycles. The van der Waals surface area contributed by atoms with Gasteiger partial charge < -0.3 is 25.4 Å². The first-order valence-electron chi connectivity index (χ1n) is 10.1. The highest BCUT2D eigenvalue weighted by Crippen LogP contribution is 2.27. The van der Waals surface area contributed by atoms with Gasteiger partial charge in [-0.2, -0.15) is 0 Å². The number of carbonyl (C=O) groups excluding carboxylic acids is 1. The molecule has 0 fully saturated rings. The fourth-order valence-corrected chi connectivity index (χ4v) is 2.85. The molecule has 3 N–H and O–H groups in total. The highest BCUT2D eigenvalue weighted by atomic mass is 35.5. The third-order valence-electron chi connectivity index (χ3n) is 4.41. The quantitative estimate of drug-likeness (QED) is 0.373. The van der Waals surface area contributed by atoms with Crippen molar-refractivity contribution in [2.45, 2.75) is 52.5 Å². The maximum Gasteiger partial charge on any atom is 0.255 e. The predicted molar refractivity (Wildman–Crippen MR) is 125 cm³/mol. The maximum atomic E-state index is 10.8. The standard InChI is InChI=1S/C21H37N3O3.2ClH/c1-4-6-12-24(13-7-5-2)14-8-11-23-16-18-9-10-19(20(15-18)26-3)27-17-21(22)25;;/h9-10,15,23H,4-8,11-14,16-17H2,1-3H3,(H2,22,25);2*1H. The molecule has 0 saturated heterocycles. The molecular weight excluding hydrogens is 413 g/mol. The summed E-state index contributed by atoms with van der Waals surface area (Å²) in [5.41, 5.74) is 6.23. The minimum Gasteiger partial charge on any atom is -0.493 e. The molecule has 6 nitrogen and oxygen atoms in total. The van der Waals surface area contributed by atoms with E-state index in [4.69, 9.17) is 15.2 Å². The summed E-state index contributed by atoms with van der Waals surface area (Å²) in [6.07, 6.45) is 6.20. The Balaban J connectivity index is 0. The molecule has 29 heavy (non-hydrogen) atoms. The number of nitrogens with zero attached hydrogens (tertiary/aromatic N) is 1. The number of amides is 1. The van der Waals surface area contributed by atoms with Gasteiger partial charge in [0.2, 0.25) is 0 Å². The first-order chi connectivity index (χ1) is 13.1. The summed E-state index contributed by atoms with van der Waals surface area (Å²) in [5, 5.41) is 3.49. The van der Waals surface area contributed by atoms with Crippen molar-refractivity contribution in [3.63, 3.8) is 0 Å². The molecule has 0 aliphatic rings. The SMILES string of the molecule is CCCCN(CCCC)CCCNCc1ccc(OCC(N)=O)c(OC)c1.Cl.Cl. The van der Waals surface area contributed by atoms with E-state index in [-0.39, 0.29) is 31.4 Å². The third-order valence-corrected chi connectivity index (χ3v) is 4.41. The van der Waals surface area contributed by atoms with Crippen LogP contribution in [-0.4, -0.2) is 50.7 Å². The fraction of sp³-hybridized carbons (Fsp3) is 0.667. The van der Waals surface area contributed by atoms with E-state index in [1.54, 1.807) is 7.11 Å². The monoisotopic (exact) mass is 451 g/mol. The van der Waals surface area contributed by atoms with Crippen LogP contribution in [0.3, 0.4) is 0 Å². The van der Waals surface area contributed by atoms with Crippen LogP contribution in [0.2, 0.25) is 0 Å². The highest BCUT2D eigenvalue weighted by Gasteiger charge is 2.07. The Kier molecular flexibility index (Phi) is 19.4. The molecule has 0 spiro atoms. The van der Waals surface area contributed by atoms with Gasteiger partial charge in [0, 0.05) is 6.54 Å². The zero-order valence-electron chi connectivity index (χ0n) is 18.1. The van der Waals surface area contributed by atoms with Crippen molar-refractivity contribution in [2.75, 3.05) is 39.9 Å². The lowest BCUT2D eigenvalue weighted by molar-refractivity contribution is -0.119. The zero-order valence-corrected chi connectivity index (χ0v) is 19.7. The van der Waals surface area contributed by atoms with Crippen LogP contribution >= 0.6 is 24.8 Å². The molecule has 0 aliphatic carbocycles. The van der Waals surface area contributed by atoms with Crippen molar-refractivity contribution in [1.29, 1.82) is 0 Å². The third kappa shape index (κ3) is 13.6. The van der Waals surface area contributed by atoms with Gasteiger partial charge in [0.1, 0.15) is 0 Å². The number of benzene rings is 1. The molecule has 0 aromatic heterocycles. The Labute approximate surface area is 188 Å². The molecule has 170 valence electrons. The molecule has 1 aromatic rings. The molecule has 0 unspecified atom stereocenters. The normalized spacial score (nSPS) is 10.2. The zero-order chi connectivity index (χ0) is 19.9. The lowest BCUT2D eigenvalue weighted by Gasteiger charge is -2.22. The van der Waals surface area contributed by atoms with Gasteiger partial charge in [0.15, 0.2) is 18.1 Å². The lowest BCUT2D eigenvalue weighted by Crippen LogP contribution is -2.29. The molecule has 1 aromatic carbocycles. The molecule has 0 atom stereocenters. The van der Waals surface area contributed by atoms with Crippen molar-refractivity contribution in [3.05, 3.63) is 23.8 Å². The smallest absolute Gasteiger partial charge is 0.255 e. The van der Waals surface area contributed by atoms with Gasteiger partial charge in [0.25, 0.3) is 5.91 Å². The summed E-state index contributed by atoms with van der Waals surface area (Å²) in [5.74, 6) is 0.637. The summed E-state index contributed by atoms with van der Waals surface area (Å²) in [4.78, 5) is 13.4. The van der Waals surface area contributed by atoms with E-state index < -0.39 is 5.91 Å². The minimum atomic E-state index is -0.505. The Morgan fingerprint density at radius 3 is 2.21 bits per heavy atom. The molecule has 8 heteroatoms. The molecule has 0 saturated carbocycles. The van der Waals surface area contributed by atoms with Gasteiger partial charge >= 0.3 is 0 Å². The van der Waals surface area contributed by atoms with Crippen LogP contribution in [0.15, 0.2) is 18.2 Å². The van der Waals surface area contributed by atoms with Gasteiger partial charge in [-0.3, -0.25) is 4.79 Å². The van der Waals surface area contributed by atoms with Crippen LogP contribution in [0.25, 0.3) is 0 Å². The number of carbonyl (C=O) groups is 1. The minimum absolute atomic E-state index is 0. The molecule has 0 radical (unpaired) electrons. The number of halogens is 2. The van der Waals surface area contributed by atoms with Crippen LogP contribution in [0.5, 0.6) is 11.5 Å². The number of hydrogen-bond acceptors (Lipinski definition) is 5. The average Bonchev–Trinajstić information content (AvgIpc) is 2.67. The lowest BCUT2D eigenvalue weighted by atomic mass is 10.2. The largest absolute Gasteiger partial charge is 0.493 e. The van der Waals surface area contributed by atoms with E-state index >= 15 is 0 Å². The second-order valence-corrected chi connectivity index (χ2v) is 6.82. The van der Waals surface area contributed by atoms with Crippen LogP contribution < -0.4 is 20.5 Å². The van der Waals surface area contributed by atoms with Crippen LogP contribution in [-0.2, 0) is 11.3 Å². The first-order valence-corrected chi connectivity index (χ1v) is 10.1. The number of rotatable bonds is 16. The summed E-state index contributed by atoms with van der Waals surface area (Å²) >= 11 is 0. The Morgan fingerprint density at radius 1 is 1.03 bits per heavy atom. The van der Waals surface area contributed by atoms with Crippen molar-refractivity contribution in [2.24, 2.45) is 5.73 Å². The van der Waals surface area contributed by atoms with E-state index in [0.29, 0.717) is 11.5 Å². The Bertz CT molecular complexity index is 540. The number of unbranched alkanes of at least 4 members (excludes halogenated alkanes) is 2. The number of ether oxygens (including phenoxy) is 2. The van der Waals surface area contributed by atoms with Crippen LogP contribution in [0.1, 0.15) is 51.5 Å². The summed E-state index contributed by atoms with van der Waals surface area (Å²) < 4.78 is 10.7.